The molecule has 29 heavy (non-hydrogen) atoms. The van der Waals surface area contributed by atoms with E-state index < -0.39 is 0 Å². The second-order valence-corrected chi connectivity index (χ2v) is 7.19. The maximum Gasteiger partial charge on any atom is 0.271 e. The summed E-state index contributed by atoms with van der Waals surface area (Å²) in [7, 11) is 0. The Kier molecular flexibility index (Phi) is 5.42. The summed E-state index contributed by atoms with van der Waals surface area (Å²) in [5.74, 6) is 0.617. The Bertz CT molecular complexity index is 1050. The molecular formula is C23H24N4O2. The quantitative estimate of drug-likeness (QED) is 0.725. The van der Waals surface area contributed by atoms with Gasteiger partial charge in [-0.05, 0) is 67.3 Å². The van der Waals surface area contributed by atoms with Crippen molar-refractivity contribution in [3.05, 3.63) is 82.1 Å². The molecular weight excluding hydrogens is 364 g/mol. The van der Waals surface area contributed by atoms with E-state index in [1.165, 1.54) is 10.2 Å². The Morgan fingerprint density at radius 3 is 2.31 bits per heavy atom. The van der Waals surface area contributed by atoms with E-state index in [9.17, 15) is 9.59 Å². The molecule has 0 radical (unpaired) electrons. The predicted molar refractivity (Wildman–Crippen MR) is 115 cm³/mol. The van der Waals surface area contributed by atoms with Gasteiger partial charge in [0.05, 0.1) is 5.69 Å². The molecule has 1 amide bonds. The zero-order valence-corrected chi connectivity index (χ0v) is 16.5. The first kappa shape index (κ1) is 18.9. The lowest BCUT2D eigenvalue weighted by molar-refractivity contribution is 0.102. The van der Waals surface area contributed by atoms with E-state index in [-0.39, 0.29) is 11.5 Å². The van der Waals surface area contributed by atoms with Crippen LogP contribution in [0.5, 0.6) is 0 Å². The number of benzene rings is 2. The number of hydrogen-bond acceptors (Lipinski definition) is 4. The minimum Gasteiger partial charge on any atom is -0.355 e. The summed E-state index contributed by atoms with van der Waals surface area (Å²) in [5.41, 5.74) is 2.95. The fourth-order valence-corrected chi connectivity index (χ4v) is 3.48. The molecule has 4 rings (SSSR count). The van der Waals surface area contributed by atoms with E-state index in [2.05, 4.69) is 22.2 Å². The zero-order chi connectivity index (χ0) is 20.2. The fourth-order valence-electron chi connectivity index (χ4n) is 3.48. The first-order valence-corrected chi connectivity index (χ1v) is 10.00. The minimum atomic E-state index is -0.193. The van der Waals surface area contributed by atoms with E-state index >= 15 is 0 Å². The van der Waals surface area contributed by atoms with Gasteiger partial charge in [-0.1, -0.05) is 19.1 Å². The Hall–Kier alpha value is -3.41. The number of amides is 1. The normalized spacial score (nSPS) is 13.5. The molecule has 1 aliphatic rings. The van der Waals surface area contributed by atoms with Gasteiger partial charge in [0.25, 0.3) is 11.5 Å². The lowest BCUT2D eigenvalue weighted by Crippen LogP contribution is -2.26. The number of anilines is 2. The molecule has 148 valence electrons. The molecule has 0 bridgehead atoms. The summed E-state index contributed by atoms with van der Waals surface area (Å²) in [6, 6.07) is 18.0. The van der Waals surface area contributed by atoms with Crippen LogP contribution in [0, 0.1) is 0 Å². The van der Waals surface area contributed by atoms with Crippen molar-refractivity contribution in [2.75, 3.05) is 23.3 Å². The average molecular weight is 388 g/mol. The molecule has 0 aliphatic carbocycles. The Morgan fingerprint density at radius 2 is 1.66 bits per heavy atom. The average Bonchev–Trinajstić information content (AvgIpc) is 3.30. The van der Waals surface area contributed by atoms with Gasteiger partial charge >= 0.3 is 0 Å². The Morgan fingerprint density at radius 1 is 0.966 bits per heavy atom. The number of nitrogens with one attached hydrogen (secondary N) is 1. The van der Waals surface area contributed by atoms with E-state index in [4.69, 9.17) is 0 Å². The lowest BCUT2D eigenvalue weighted by Gasteiger charge is -2.17. The van der Waals surface area contributed by atoms with Crippen molar-refractivity contribution >= 4 is 17.4 Å². The standard InChI is InChI=1S/C23H24N4O2/c1-2-17-5-9-19(10-6-17)24-23(29)18-7-11-20(12-8-18)27-22(28)14-13-21(25-27)26-15-3-4-16-26/h5-14H,2-4,15-16H2,1H3,(H,24,29). The molecule has 1 N–H and O–H groups in total. The van der Waals surface area contributed by atoms with Crippen LogP contribution in [0.4, 0.5) is 11.5 Å². The molecule has 6 nitrogen and oxygen atoms in total. The van der Waals surface area contributed by atoms with Crippen LogP contribution in [0.25, 0.3) is 5.69 Å². The van der Waals surface area contributed by atoms with Crippen LogP contribution in [-0.4, -0.2) is 28.8 Å². The van der Waals surface area contributed by atoms with Crippen molar-refractivity contribution < 1.29 is 4.79 Å². The fraction of sp³-hybridized carbons (Fsp3) is 0.261. The molecule has 2 heterocycles. The molecule has 0 atom stereocenters. The highest BCUT2D eigenvalue weighted by Crippen LogP contribution is 2.17. The molecule has 1 aliphatic heterocycles. The van der Waals surface area contributed by atoms with E-state index in [0.29, 0.717) is 11.3 Å². The third-order valence-corrected chi connectivity index (χ3v) is 5.21. The molecule has 3 aromatic rings. The first-order valence-electron chi connectivity index (χ1n) is 10.00. The number of aromatic nitrogens is 2. The van der Waals surface area contributed by atoms with Gasteiger partial charge in [-0.3, -0.25) is 9.59 Å². The van der Waals surface area contributed by atoms with Crippen molar-refractivity contribution in [1.82, 2.24) is 9.78 Å². The third-order valence-electron chi connectivity index (χ3n) is 5.21. The molecule has 1 aromatic heterocycles. The van der Waals surface area contributed by atoms with Gasteiger partial charge in [-0.2, -0.15) is 4.68 Å². The van der Waals surface area contributed by atoms with Gasteiger partial charge in [0, 0.05) is 30.4 Å². The largest absolute Gasteiger partial charge is 0.355 e. The highest BCUT2D eigenvalue weighted by Gasteiger charge is 2.15. The minimum absolute atomic E-state index is 0.188. The number of carbonyl (C=O) groups is 1. The van der Waals surface area contributed by atoms with Crippen molar-refractivity contribution in [2.45, 2.75) is 26.2 Å². The van der Waals surface area contributed by atoms with Crippen molar-refractivity contribution in [2.24, 2.45) is 0 Å². The van der Waals surface area contributed by atoms with Crippen molar-refractivity contribution in [1.29, 1.82) is 0 Å². The molecule has 1 fully saturated rings. The van der Waals surface area contributed by atoms with Gasteiger partial charge in [-0.15, -0.1) is 5.10 Å². The molecule has 0 unspecified atom stereocenters. The first-order chi connectivity index (χ1) is 14.1. The molecule has 0 saturated carbocycles. The number of carbonyl (C=O) groups excluding carboxylic acids is 1. The summed E-state index contributed by atoms with van der Waals surface area (Å²) in [4.78, 5) is 27.0. The molecule has 2 aromatic carbocycles. The molecule has 6 heteroatoms. The third kappa shape index (κ3) is 4.21. The van der Waals surface area contributed by atoms with E-state index in [0.717, 1.165) is 43.9 Å². The number of hydrogen-bond donors (Lipinski definition) is 1. The van der Waals surface area contributed by atoms with E-state index in [1.54, 1.807) is 36.4 Å². The van der Waals surface area contributed by atoms with Crippen molar-refractivity contribution in [3.8, 4) is 5.69 Å². The summed E-state index contributed by atoms with van der Waals surface area (Å²) in [6.45, 7) is 4.02. The van der Waals surface area contributed by atoms with Gasteiger partial charge in [0.15, 0.2) is 0 Å². The van der Waals surface area contributed by atoms with Gasteiger partial charge < -0.3 is 10.2 Å². The van der Waals surface area contributed by atoms with Crippen LogP contribution in [0.2, 0.25) is 0 Å². The smallest absolute Gasteiger partial charge is 0.271 e. The number of nitrogens with zero attached hydrogens (tertiary/aromatic N) is 3. The summed E-state index contributed by atoms with van der Waals surface area (Å²) >= 11 is 0. The monoisotopic (exact) mass is 388 g/mol. The van der Waals surface area contributed by atoms with Crippen molar-refractivity contribution in [3.63, 3.8) is 0 Å². The van der Waals surface area contributed by atoms with Crippen LogP contribution >= 0.6 is 0 Å². The zero-order valence-electron chi connectivity index (χ0n) is 16.5. The van der Waals surface area contributed by atoms with Crippen LogP contribution < -0.4 is 15.8 Å². The second kappa shape index (κ2) is 8.31. The Labute approximate surface area is 169 Å². The van der Waals surface area contributed by atoms with Gasteiger partial charge in [0.2, 0.25) is 0 Å². The topological polar surface area (TPSA) is 67.2 Å². The lowest BCUT2D eigenvalue weighted by atomic mass is 10.1. The second-order valence-electron chi connectivity index (χ2n) is 7.19. The maximum absolute atomic E-state index is 12.5. The highest BCUT2D eigenvalue weighted by atomic mass is 16.1. The molecule has 0 spiro atoms. The summed E-state index contributed by atoms with van der Waals surface area (Å²) in [6.07, 6.45) is 3.25. The Balaban J connectivity index is 1.52. The molecule has 1 saturated heterocycles. The van der Waals surface area contributed by atoms with Gasteiger partial charge in [0.1, 0.15) is 5.82 Å². The SMILES string of the molecule is CCc1ccc(NC(=O)c2ccc(-n3nc(N4CCCC4)ccc3=O)cc2)cc1. The summed E-state index contributed by atoms with van der Waals surface area (Å²) in [5, 5.41) is 7.41. The van der Waals surface area contributed by atoms with E-state index in [1.807, 2.05) is 24.3 Å². The highest BCUT2D eigenvalue weighted by molar-refractivity contribution is 6.04. The van der Waals surface area contributed by atoms with Crippen LogP contribution in [-0.2, 0) is 6.42 Å². The van der Waals surface area contributed by atoms with Crippen LogP contribution in [0.1, 0.15) is 35.7 Å². The summed E-state index contributed by atoms with van der Waals surface area (Å²) < 4.78 is 1.39. The predicted octanol–water partition coefficient (Wildman–Crippen LogP) is 3.65. The van der Waals surface area contributed by atoms with Crippen LogP contribution in [0.3, 0.4) is 0 Å². The number of rotatable bonds is 5. The maximum atomic E-state index is 12.5. The van der Waals surface area contributed by atoms with Crippen LogP contribution in [0.15, 0.2) is 65.5 Å². The number of aryl methyl sites for hydroxylation is 1. The van der Waals surface area contributed by atoms with Gasteiger partial charge in [-0.25, -0.2) is 0 Å².